The van der Waals surface area contributed by atoms with E-state index in [0.29, 0.717) is 46.0 Å². The number of methoxy groups -OCH3 is 1. The van der Waals surface area contributed by atoms with Crippen LogP contribution in [0, 0.1) is 0 Å². The Morgan fingerprint density at radius 3 is 2.56 bits per heavy atom. The van der Waals surface area contributed by atoms with E-state index in [1.54, 1.807) is 61.7 Å². The van der Waals surface area contributed by atoms with Crippen LogP contribution >= 0.6 is 74.7 Å². The number of amides is 1. The van der Waals surface area contributed by atoms with E-state index in [2.05, 4.69) is 15.9 Å². The molecule has 0 saturated carbocycles. The Labute approximate surface area is 229 Å². The van der Waals surface area contributed by atoms with Gasteiger partial charge in [-0.2, -0.15) is 0 Å². The second-order valence-electron chi connectivity index (χ2n) is 7.06. The van der Waals surface area contributed by atoms with Crippen molar-refractivity contribution in [2.24, 2.45) is 0 Å². The van der Waals surface area contributed by atoms with Gasteiger partial charge in [0.15, 0.2) is 15.8 Å². The van der Waals surface area contributed by atoms with Gasteiger partial charge in [0.2, 0.25) is 0 Å². The predicted octanol–water partition coefficient (Wildman–Crippen LogP) is 8.40. The van der Waals surface area contributed by atoms with Gasteiger partial charge >= 0.3 is 0 Å². The topological polar surface area (TPSA) is 38.8 Å². The third-order valence-electron chi connectivity index (χ3n) is 4.80. The Morgan fingerprint density at radius 1 is 1.09 bits per heavy atom. The standard InChI is InChI=1S/C24H15BrCl3NO3S2/c1-31-20-8-13(7-18(25)22(20)32-12-14-5-6-16(27)11-19(14)28)9-21-23(30)29(24(33)34-21)17-4-2-3-15(26)10-17/h2-11H,12H2,1H3/b21-9+. The number of benzene rings is 3. The molecule has 10 heteroatoms. The highest BCUT2D eigenvalue weighted by atomic mass is 79.9. The number of thioether (sulfide) groups is 1. The molecule has 174 valence electrons. The number of ether oxygens (including phenoxy) is 2. The van der Waals surface area contributed by atoms with E-state index in [0.717, 1.165) is 11.1 Å². The van der Waals surface area contributed by atoms with Gasteiger partial charge in [-0.3, -0.25) is 9.69 Å². The molecule has 1 aliphatic heterocycles. The maximum absolute atomic E-state index is 13.1. The smallest absolute Gasteiger partial charge is 0.270 e. The Kier molecular flexibility index (Phi) is 8.12. The van der Waals surface area contributed by atoms with Crippen molar-refractivity contribution >= 4 is 96.7 Å². The zero-order valence-electron chi connectivity index (χ0n) is 17.5. The van der Waals surface area contributed by atoms with Crippen LogP contribution in [0.2, 0.25) is 15.1 Å². The zero-order chi connectivity index (χ0) is 24.4. The SMILES string of the molecule is COc1cc(/C=C2/SC(=S)N(c3cccc(Cl)c3)C2=O)cc(Br)c1OCc1ccc(Cl)cc1Cl. The summed E-state index contributed by atoms with van der Waals surface area (Å²) in [6, 6.07) is 15.9. The minimum absolute atomic E-state index is 0.218. The molecule has 34 heavy (non-hydrogen) atoms. The molecule has 0 bridgehead atoms. The molecule has 1 aliphatic rings. The van der Waals surface area contributed by atoms with E-state index in [-0.39, 0.29) is 12.5 Å². The molecule has 0 unspecified atom stereocenters. The van der Waals surface area contributed by atoms with E-state index in [4.69, 9.17) is 56.5 Å². The summed E-state index contributed by atoms with van der Waals surface area (Å²) in [4.78, 5) is 15.0. The number of thiocarbonyl (C=S) groups is 1. The van der Waals surface area contributed by atoms with Gasteiger partial charge in [0.05, 0.1) is 22.2 Å². The molecule has 1 saturated heterocycles. The monoisotopic (exact) mass is 613 g/mol. The summed E-state index contributed by atoms with van der Waals surface area (Å²) in [7, 11) is 1.55. The Balaban J connectivity index is 1.59. The average molecular weight is 616 g/mol. The molecule has 0 N–H and O–H groups in total. The van der Waals surface area contributed by atoms with Gasteiger partial charge in [0.1, 0.15) is 6.61 Å². The van der Waals surface area contributed by atoms with Crippen LogP contribution in [-0.4, -0.2) is 17.3 Å². The average Bonchev–Trinajstić information content (AvgIpc) is 3.06. The summed E-state index contributed by atoms with van der Waals surface area (Å²) >= 11 is 28.5. The van der Waals surface area contributed by atoms with Gasteiger partial charge in [-0.25, -0.2) is 0 Å². The highest BCUT2D eigenvalue weighted by Gasteiger charge is 2.33. The van der Waals surface area contributed by atoms with Crippen LogP contribution in [0.15, 0.2) is 64.0 Å². The van der Waals surface area contributed by atoms with Gasteiger partial charge in [0, 0.05) is 20.6 Å². The summed E-state index contributed by atoms with van der Waals surface area (Å²) < 4.78 is 12.6. The summed E-state index contributed by atoms with van der Waals surface area (Å²) in [5, 5.41) is 1.60. The lowest BCUT2D eigenvalue weighted by atomic mass is 10.1. The lowest BCUT2D eigenvalue weighted by molar-refractivity contribution is -0.113. The fraction of sp³-hybridized carbons (Fsp3) is 0.0833. The molecule has 4 rings (SSSR count). The molecule has 0 atom stereocenters. The van der Waals surface area contributed by atoms with Crippen molar-refractivity contribution in [3.63, 3.8) is 0 Å². The summed E-state index contributed by atoms with van der Waals surface area (Å²) in [5.41, 5.74) is 2.16. The Bertz CT molecular complexity index is 1330. The van der Waals surface area contributed by atoms with E-state index < -0.39 is 0 Å². The van der Waals surface area contributed by atoms with E-state index in [1.165, 1.54) is 16.7 Å². The first-order valence-electron chi connectivity index (χ1n) is 9.74. The first-order chi connectivity index (χ1) is 16.3. The Morgan fingerprint density at radius 2 is 1.85 bits per heavy atom. The largest absolute Gasteiger partial charge is 0.493 e. The van der Waals surface area contributed by atoms with Crippen molar-refractivity contribution < 1.29 is 14.3 Å². The first kappa shape index (κ1) is 25.4. The highest BCUT2D eigenvalue weighted by molar-refractivity contribution is 9.10. The molecule has 1 amide bonds. The third-order valence-corrected chi connectivity index (χ3v) is 7.51. The maximum Gasteiger partial charge on any atom is 0.270 e. The third kappa shape index (κ3) is 5.56. The van der Waals surface area contributed by atoms with Crippen molar-refractivity contribution in [3.8, 4) is 11.5 Å². The molecule has 3 aromatic carbocycles. The van der Waals surface area contributed by atoms with Crippen molar-refractivity contribution in [2.45, 2.75) is 6.61 Å². The fourth-order valence-corrected chi connectivity index (χ4v) is 5.73. The maximum atomic E-state index is 13.1. The molecule has 1 fully saturated rings. The lowest BCUT2D eigenvalue weighted by Gasteiger charge is -2.15. The minimum atomic E-state index is -0.218. The molecular weight excluding hydrogens is 601 g/mol. The number of anilines is 1. The normalized spacial score (nSPS) is 14.7. The molecular formula is C24H15BrCl3NO3S2. The molecule has 1 heterocycles. The number of hydrogen-bond acceptors (Lipinski definition) is 5. The summed E-state index contributed by atoms with van der Waals surface area (Å²) in [6.45, 7) is 0.225. The van der Waals surface area contributed by atoms with Crippen LogP contribution in [0.25, 0.3) is 6.08 Å². The zero-order valence-corrected chi connectivity index (χ0v) is 23.0. The fourth-order valence-electron chi connectivity index (χ4n) is 3.21. The quantitative estimate of drug-likeness (QED) is 0.206. The second kappa shape index (κ2) is 10.9. The molecule has 0 aromatic heterocycles. The first-order valence-corrected chi connectivity index (χ1v) is 12.9. The Hall–Kier alpha value is -1.74. The number of halogens is 4. The van der Waals surface area contributed by atoms with Crippen LogP contribution < -0.4 is 14.4 Å². The van der Waals surface area contributed by atoms with Crippen molar-refractivity contribution in [1.82, 2.24) is 0 Å². The van der Waals surface area contributed by atoms with E-state index in [9.17, 15) is 4.79 Å². The second-order valence-corrected chi connectivity index (χ2v) is 10.9. The number of carbonyl (C=O) groups is 1. The van der Waals surface area contributed by atoms with Gasteiger partial charge in [-0.1, -0.05) is 70.9 Å². The number of carbonyl (C=O) groups excluding carboxylic acids is 1. The van der Waals surface area contributed by atoms with Gasteiger partial charge < -0.3 is 9.47 Å². The molecule has 0 radical (unpaired) electrons. The lowest BCUT2D eigenvalue weighted by Crippen LogP contribution is -2.27. The van der Waals surface area contributed by atoms with E-state index >= 15 is 0 Å². The van der Waals surface area contributed by atoms with Crippen molar-refractivity contribution in [2.75, 3.05) is 12.0 Å². The molecule has 4 nitrogen and oxygen atoms in total. The molecule has 3 aromatic rings. The summed E-state index contributed by atoms with van der Waals surface area (Å²) in [6.07, 6.45) is 1.76. The number of rotatable bonds is 6. The van der Waals surface area contributed by atoms with Gasteiger partial charge in [-0.05, 0) is 70.0 Å². The van der Waals surface area contributed by atoms with Crippen LogP contribution in [0.3, 0.4) is 0 Å². The predicted molar refractivity (Wildman–Crippen MR) is 149 cm³/mol. The van der Waals surface area contributed by atoms with Crippen LogP contribution in [-0.2, 0) is 11.4 Å². The molecule has 0 aliphatic carbocycles. The van der Waals surface area contributed by atoms with Crippen LogP contribution in [0.1, 0.15) is 11.1 Å². The number of nitrogens with zero attached hydrogens (tertiary/aromatic N) is 1. The van der Waals surface area contributed by atoms with Gasteiger partial charge in [-0.15, -0.1) is 0 Å². The van der Waals surface area contributed by atoms with Crippen LogP contribution in [0.4, 0.5) is 5.69 Å². The van der Waals surface area contributed by atoms with Crippen molar-refractivity contribution in [1.29, 1.82) is 0 Å². The van der Waals surface area contributed by atoms with Crippen LogP contribution in [0.5, 0.6) is 11.5 Å². The summed E-state index contributed by atoms with van der Waals surface area (Å²) in [5.74, 6) is 0.790. The minimum Gasteiger partial charge on any atom is -0.493 e. The number of hydrogen-bond donors (Lipinski definition) is 0. The van der Waals surface area contributed by atoms with E-state index in [1.807, 2.05) is 6.07 Å². The molecule has 0 spiro atoms. The highest BCUT2D eigenvalue weighted by Crippen LogP contribution is 2.41. The van der Waals surface area contributed by atoms with Crippen molar-refractivity contribution in [3.05, 3.63) is 90.2 Å². The van der Waals surface area contributed by atoms with Gasteiger partial charge in [0.25, 0.3) is 5.91 Å².